The minimum absolute atomic E-state index is 0.140. The molecule has 4 heteroatoms. The molecular weight excluding hydrogens is 208 g/mol. The van der Waals surface area contributed by atoms with E-state index < -0.39 is 5.97 Å². The number of unbranched alkanes of at least 4 members (excludes halogenated alkanes) is 4. The minimum Gasteiger partial charge on any atom is -0.344 e. The van der Waals surface area contributed by atoms with Gasteiger partial charge in [0, 0.05) is 19.3 Å². The van der Waals surface area contributed by atoms with E-state index in [1.54, 1.807) is 0 Å². The van der Waals surface area contributed by atoms with Gasteiger partial charge in [0.1, 0.15) is 5.78 Å². The summed E-state index contributed by atoms with van der Waals surface area (Å²) in [7, 11) is 0. The van der Waals surface area contributed by atoms with Crippen LogP contribution in [-0.2, 0) is 4.79 Å². The summed E-state index contributed by atoms with van der Waals surface area (Å²) in [5.74, 6) is -2.48. The van der Waals surface area contributed by atoms with Gasteiger partial charge in [-0.1, -0.05) is 32.6 Å². The molecule has 96 valence electrons. The molecule has 0 unspecified atom stereocenters. The average Bonchev–Trinajstić information content (AvgIpc) is 2.15. The third kappa shape index (κ3) is 11.6. The van der Waals surface area contributed by atoms with Gasteiger partial charge in [0.25, 0.3) is 5.97 Å². The summed E-state index contributed by atoms with van der Waals surface area (Å²) in [4.78, 5) is 11.3. The van der Waals surface area contributed by atoms with E-state index in [0.29, 0.717) is 19.3 Å². The lowest BCUT2D eigenvalue weighted by molar-refractivity contribution is -0.314. The van der Waals surface area contributed by atoms with E-state index in [-0.39, 0.29) is 12.2 Å². The van der Waals surface area contributed by atoms with Crippen LogP contribution in [0.15, 0.2) is 0 Å². The number of ketones is 1. The average molecular weight is 232 g/mol. The number of carbonyl (C=O) groups is 1. The fraction of sp³-hybridized carbons (Fsp3) is 0.917. The Kier molecular flexibility index (Phi) is 8.43. The quantitative estimate of drug-likeness (QED) is 0.396. The molecule has 4 nitrogen and oxygen atoms in total. The second-order valence-electron chi connectivity index (χ2n) is 4.33. The first-order valence-electron chi connectivity index (χ1n) is 6.14. The van der Waals surface area contributed by atoms with Crippen molar-refractivity contribution in [2.45, 2.75) is 70.7 Å². The highest BCUT2D eigenvalue weighted by Gasteiger charge is 2.17. The molecule has 0 spiro atoms. The van der Waals surface area contributed by atoms with Gasteiger partial charge in [-0.15, -0.1) is 0 Å². The van der Waals surface area contributed by atoms with E-state index in [4.69, 9.17) is 15.3 Å². The van der Waals surface area contributed by atoms with Gasteiger partial charge in [-0.2, -0.15) is 0 Å². The van der Waals surface area contributed by atoms with E-state index in [0.717, 1.165) is 12.8 Å². The first-order valence-corrected chi connectivity index (χ1v) is 6.14. The lowest BCUT2D eigenvalue weighted by Gasteiger charge is -2.12. The van der Waals surface area contributed by atoms with Crippen molar-refractivity contribution in [3.8, 4) is 0 Å². The topological polar surface area (TPSA) is 77.8 Å². The van der Waals surface area contributed by atoms with Crippen LogP contribution in [0.1, 0.15) is 64.7 Å². The zero-order valence-electron chi connectivity index (χ0n) is 10.1. The van der Waals surface area contributed by atoms with Crippen molar-refractivity contribution >= 4 is 5.78 Å². The van der Waals surface area contributed by atoms with Crippen LogP contribution in [-0.4, -0.2) is 27.1 Å². The number of Topliss-reactive ketones (excluding diaryl/α,β-unsaturated/α-hetero) is 1. The maximum Gasteiger partial charge on any atom is 0.275 e. The zero-order valence-corrected chi connectivity index (χ0v) is 10.1. The Morgan fingerprint density at radius 3 is 2.06 bits per heavy atom. The van der Waals surface area contributed by atoms with Crippen LogP contribution in [0.2, 0.25) is 0 Å². The molecule has 0 aromatic heterocycles. The highest BCUT2D eigenvalue weighted by atomic mass is 16.7. The zero-order chi connectivity index (χ0) is 12.4. The van der Waals surface area contributed by atoms with Gasteiger partial charge in [-0.3, -0.25) is 4.79 Å². The first kappa shape index (κ1) is 15.6. The van der Waals surface area contributed by atoms with Gasteiger partial charge >= 0.3 is 0 Å². The minimum atomic E-state index is -2.62. The van der Waals surface area contributed by atoms with Crippen LogP contribution in [0.3, 0.4) is 0 Å². The van der Waals surface area contributed by atoms with E-state index in [1.807, 2.05) is 0 Å². The summed E-state index contributed by atoms with van der Waals surface area (Å²) in [6.07, 6.45) is 6.62. The van der Waals surface area contributed by atoms with E-state index in [1.165, 1.54) is 19.3 Å². The van der Waals surface area contributed by atoms with Crippen molar-refractivity contribution in [1.29, 1.82) is 0 Å². The Hall–Kier alpha value is -0.450. The largest absolute Gasteiger partial charge is 0.344 e. The van der Waals surface area contributed by atoms with Crippen LogP contribution in [0.5, 0.6) is 0 Å². The Bertz CT molecular complexity index is 184. The smallest absolute Gasteiger partial charge is 0.275 e. The number of hydrogen-bond acceptors (Lipinski definition) is 4. The maximum atomic E-state index is 11.3. The lowest BCUT2D eigenvalue weighted by Crippen LogP contribution is -2.26. The van der Waals surface area contributed by atoms with Crippen LogP contribution < -0.4 is 0 Å². The fourth-order valence-electron chi connectivity index (χ4n) is 1.57. The standard InChI is InChI=1S/C12H24O4/c1-2-3-4-5-6-8-11(13)9-7-10-12(14,15)16/h14-16H,2-10H2,1H3. The van der Waals surface area contributed by atoms with E-state index in [9.17, 15) is 4.79 Å². The molecule has 0 aliphatic carbocycles. The predicted molar refractivity (Wildman–Crippen MR) is 61.6 cm³/mol. The van der Waals surface area contributed by atoms with Gasteiger partial charge in [-0.05, 0) is 12.8 Å². The van der Waals surface area contributed by atoms with Crippen LogP contribution >= 0.6 is 0 Å². The van der Waals surface area contributed by atoms with Crippen LogP contribution in [0, 0.1) is 0 Å². The third-order valence-electron chi connectivity index (χ3n) is 2.53. The summed E-state index contributed by atoms with van der Waals surface area (Å²) >= 11 is 0. The van der Waals surface area contributed by atoms with Gasteiger partial charge in [0.15, 0.2) is 0 Å². The summed E-state index contributed by atoms with van der Waals surface area (Å²) in [6, 6.07) is 0. The molecule has 0 atom stereocenters. The van der Waals surface area contributed by atoms with Crippen molar-refractivity contribution in [2.75, 3.05) is 0 Å². The van der Waals surface area contributed by atoms with Crippen molar-refractivity contribution in [3.63, 3.8) is 0 Å². The summed E-state index contributed by atoms with van der Waals surface area (Å²) in [5.41, 5.74) is 0. The van der Waals surface area contributed by atoms with Crippen molar-refractivity contribution < 1.29 is 20.1 Å². The number of aliphatic hydroxyl groups is 3. The second-order valence-corrected chi connectivity index (χ2v) is 4.33. The summed E-state index contributed by atoms with van der Waals surface area (Å²) in [5, 5.41) is 25.8. The Morgan fingerprint density at radius 1 is 0.938 bits per heavy atom. The molecule has 0 radical (unpaired) electrons. The van der Waals surface area contributed by atoms with Crippen molar-refractivity contribution in [3.05, 3.63) is 0 Å². The Balaban J connectivity index is 3.32. The monoisotopic (exact) mass is 232 g/mol. The molecule has 0 amide bonds. The van der Waals surface area contributed by atoms with Gasteiger partial charge in [-0.25, -0.2) is 0 Å². The number of hydrogen-bond donors (Lipinski definition) is 3. The molecule has 0 aliphatic rings. The molecule has 0 saturated carbocycles. The second kappa shape index (κ2) is 8.67. The number of carbonyl (C=O) groups excluding carboxylic acids is 1. The highest BCUT2D eigenvalue weighted by molar-refractivity contribution is 5.78. The molecule has 0 heterocycles. The normalized spacial score (nSPS) is 11.8. The van der Waals surface area contributed by atoms with Gasteiger partial charge in [0.2, 0.25) is 0 Å². The number of rotatable bonds is 10. The van der Waals surface area contributed by atoms with Crippen LogP contribution in [0.25, 0.3) is 0 Å². The molecule has 0 aromatic carbocycles. The van der Waals surface area contributed by atoms with Crippen molar-refractivity contribution in [2.24, 2.45) is 0 Å². The third-order valence-corrected chi connectivity index (χ3v) is 2.53. The van der Waals surface area contributed by atoms with Crippen molar-refractivity contribution in [1.82, 2.24) is 0 Å². The first-order chi connectivity index (χ1) is 7.45. The van der Waals surface area contributed by atoms with Gasteiger partial charge < -0.3 is 15.3 Å². The highest BCUT2D eigenvalue weighted by Crippen LogP contribution is 2.11. The maximum absolute atomic E-state index is 11.3. The molecular formula is C12H24O4. The molecule has 0 aliphatic heterocycles. The fourth-order valence-corrected chi connectivity index (χ4v) is 1.57. The van der Waals surface area contributed by atoms with Crippen LogP contribution in [0.4, 0.5) is 0 Å². The molecule has 0 fully saturated rings. The molecule has 0 saturated heterocycles. The predicted octanol–water partition coefficient (Wildman–Crippen LogP) is 1.72. The van der Waals surface area contributed by atoms with E-state index in [2.05, 4.69) is 6.92 Å². The molecule has 0 bridgehead atoms. The summed E-state index contributed by atoms with van der Waals surface area (Å²) < 4.78 is 0. The lowest BCUT2D eigenvalue weighted by atomic mass is 10.1. The van der Waals surface area contributed by atoms with Gasteiger partial charge in [0.05, 0.1) is 0 Å². The summed E-state index contributed by atoms with van der Waals surface area (Å²) in [6.45, 7) is 2.15. The Labute approximate surface area is 97.3 Å². The SMILES string of the molecule is CCCCCCCC(=O)CCCC(O)(O)O. The molecule has 16 heavy (non-hydrogen) atoms. The molecule has 0 aromatic rings. The van der Waals surface area contributed by atoms with E-state index >= 15 is 0 Å². The molecule has 0 rings (SSSR count). The Morgan fingerprint density at radius 2 is 1.50 bits per heavy atom. The molecule has 3 N–H and O–H groups in total.